The minimum absolute atomic E-state index is 0.257. The Bertz CT molecular complexity index is 44.8. The zero-order chi connectivity index (χ0) is 7.70. The molecule has 0 aromatic carbocycles. The van der Waals surface area contributed by atoms with E-state index in [9.17, 15) is 0 Å². The zero-order valence-corrected chi connectivity index (χ0v) is 11.9. The van der Waals surface area contributed by atoms with Gasteiger partial charge in [0.2, 0.25) is 0 Å². The first-order valence-electron chi connectivity index (χ1n) is 2.31. The molecular weight excluding hydrogens is 459 g/mol. The number of hydrogen-bond donors (Lipinski definition) is 1. The molecule has 0 unspecified atom stereocenters. The molecule has 60 valence electrons. The van der Waals surface area contributed by atoms with E-state index in [4.69, 9.17) is 5.11 Å². The van der Waals surface area contributed by atoms with Crippen LogP contribution in [0.2, 0.25) is 0 Å². The van der Waals surface area contributed by atoms with Crippen molar-refractivity contribution in [2.45, 2.75) is 0 Å². The molecule has 0 aliphatic carbocycles. The van der Waals surface area contributed by atoms with Crippen molar-refractivity contribution in [2.24, 2.45) is 0 Å². The molecule has 0 spiro atoms. The number of hydrogen-bond acceptors (Lipinski definition) is 2. The number of rotatable bonds is 2. The van der Waals surface area contributed by atoms with Crippen LogP contribution in [0.4, 0.5) is 0 Å². The van der Waals surface area contributed by atoms with Crippen molar-refractivity contribution in [3.05, 3.63) is 0 Å². The van der Waals surface area contributed by atoms with Gasteiger partial charge in [0.1, 0.15) is 0 Å². The molecular formula is C4H11I3NO-. The van der Waals surface area contributed by atoms with E-state index < -0.39 is 0 Å². The van der Waals surface area contributed by atoms with Crippen molar-refractivity contribution in [3.8, 4) is 0 Å². The minimum atomic E-state index is 0.257. The fourth-order valence-electron chi connectivity index (χ4n) is 0.200. The van der Waals surface area contributed by atoms with Gasteiger partial charge in [-0.15, -0.1) is 0 Å². The average Bonchev–Trinajstić information content (AvgIpc) is 1.67. The summed E-state index contributed by atoms with van der Waals surface area (Å²) in [4.78, 5) is 1.93. The maximum atomic E-state index is 8.20. The quantitative estimate of drug-likeness (QED) is 0.488. The van der Waals surface area contributed by atoms with E-state index >= 15 is 0 Å². The van der Waals surface area contributed by atoms with Crippen LogP contribution in [0.5, 0.6) is 0 Å². The Balaban J connectivity index is 0. The van der Waals surface area contributed by atoms with E-state index in [0.717, 1.165) is 6.54 Å². The van der Waals surface area contributed by atoms with Crippen molar-refractivity contribution >= 4 is 37.2 Å². The van der Waals surface area contributed by atoms with Crippen molar-refractivity contribution < 1.29 is 18.4 Å². The van der Waals surface area contributed by atoms with E-state index in [-0.39, 0.29) is 6.61 Å². The van der Waals surface area contributed by atoms with Crippen molar-refractivity contribution in [3.63, 3.8) is 0 Å². The van der Waals surface area contributed by atoms with Gasteiger partial charge in [-0.2, -0.15) is 0 Å². The number of halogens is 3. The summed E-state index contributed by atoms with van der Waals surface area (Å²) in [5, 5.41) is 8.20. The van der Waals surface area contributed by atoms with Gasteiger partial charge in [0, 0.05) is 6.54 Å². The van der Waals surface area contributed by atoms with Gasteiger partial charge >= 0.3 is 50.5 Å². The summed E-state index contributed by atoms with van der Waals surface area (Å²) in [7, 11) is 3.85. The maximum absolute atomic E-state index is 8.20. The molecule has 1 N–H and O–H groups in total. The van der Waals surface area contributed by atoms with Crippen LogP contribution in [0, 0.1) is 0 Å². The number of aliphatic hydroxyl groups is 1. The molecule has 0 aromatic rings. The predicted octanol–water partition coefficient (Wildman–Crippen LogP) is -1.68. The fraction of sp³-hybridized carbons (Fsp3) is 1.00. The first-order chi connectivity index (χ1) is 4.18. The van der Waals surface area contributed by atoms with Crippen LogP contribution < -0.4 is 13.3 Å². The molecule has 9 heavy (non-hydrogen) atoms. The van der Waals surface area contributed by atoms with Gasteiger partial charge in [-0.05, 0) is 14.1 Å². The van der Waals surface area contributed by atoms with Gasteiger partial charge in [0.05, 0.1) is 6.61 Å². The second-order valence-electron chi connectivity index (χ2n) is 1.58. The molecule has 0 radical (unpaired) electrons. The van der Waals surface area contributed by atoms with Gasteiger partial charge in [0.15, 0.2) is 0 Å². The molecule has 0 bridgehead atoms. The molecule has 0 atom stereocenters. The van der Waals surface area contributed by atoms with Crippen LogP contribution >= 0.6 is 37.2 Å². The first kappa shape index (κ1) is 13.7. The fourth-order valence-corrected chi connectivity index (χ4v) is 0.200. The Morgan fingerprint density at radius 1 is 1.44 bits per heavy atom. The van der Waals surface area contributed by atoms with Crippen LogP contribution in [0.15, 0.2) is 0 Å². The SMILES string of the molecule is CN(C)CCO.I[I-]I. The van der Waals surface area contributed by atoms with Crippen LogP contribution in [0.1, 0.15) is 0 Å². The molecule has 0 rings (SSSR count). The van der Waals surface area contributed by atoms with Gasteiger partial charge in [-0.1, -0.05) is 0 Å². The zero-order valence-electron chi connectivity index (χ0n) is 5.44. The summed E-state index contributed by atoms with van der Waals surface area (Å²) in [5.74, 6) is 0. The predicted molar refractivity (Wildman–Crippen MR) is 53.7 cm³/mol. The Hall–Kier alpha value is 2.11. The molecule has 0 saturated carbocycles. The number of nitrogens with zero attached hydrogens (tertiary/aromatic N) is 1. The van der Waals surface area contributed by atoms with Crippen LogP contribution in [-0.2, 0) is 0 Å². The van der Waals surface area contributed by atoms with Gasteiger partial charge in [-0.3, -0.25) is 0 Å². The van der Waals surface area contributed by atoms with Crippen molar-refractivity contribution in [1.29, 1.82) is 0 Å². The molecule has 0 amide bonds. The Morgan fingerprint density at radius 2 is 1.78 bits per heavy atom. The van der Waals surface area contributed by atoms with Gasteiger partial charge in [-0.25, -0.2) is 0 Å². The second-order valence-corrected chi connectivity index (χ2v) is 17.8. The number of likely N-dealkylation sites (N-methyl/N-ethyl adjacent to an activating group) is 1. The summed E-state index contributed by atoms with van der Waals surface area (Å²) >= 11 is 5.30. The summed E-state index contributed by atoms with van der Waals surface area (Å²) in [6.07, 6.45) is 0. The molecule has 0 aromatic heterocycles. The molecule has 0 saturated heterocycles. The van der Waals surface area contributed by atoms with E-state index in [2.05, 4.69) is 37.2 Å². The van der Waals surface area contributed by atoms with Crippen LogP contribution in [0.25, 0.3) is 0 Å². The van der Waals surface area contributed by atoms with Crippen LogP contribution in [0.3, 0.4) is 0 Å². The third-order valence-corrected chi connectivity index (χ3v) is 0.547. The molecule has 0 aliphatic heterocycles. The molecule has 5 heteroatoms. The van der Waals surface area contributed by atoms with Crippen molar-refractivity contribution in [2.75, 3.05) is 27.2 Å². The third kappa shape index (κ3) is 25.5. The Labute approximate surface area is 86.4 Å². The van der Waals surface area contributed by atoms with Crippen LogP contribution in [-0.4, -0.2) is 37.3 Å². The van der Waals surface area contributed by atoms with Gasteiger partial charge < -0.3 is 10.0 Å². The molecule has 0 heterocycles. The van der Waals surface area contributed by atoms with E-state index in [1.54, 1.807) is 0 Å². The second kappa shape index (κ2) is 12.8. The van der Waals surface area contributed by atoms with E-state index in [1.807, 2.05) is 19.0 Å². The summed E-state index contributed by atoms with van der Waals surface area (Å²) in [5.41, 5.74) is 0. The molecule has 2 nitrogen and oxygen atoms in total. The Morgan fingerprint density at radius 3 is 1.78 bits per heavy atom. The van der Waals surface area contributed by atoms with E-state index in [1.165, 1.54) is 0 Å². The Kier molecular flexibility index (Phi) is 19.4. The van der Waals surface area contributed by atoms with Gasteiger partial charge in [0.25, 0.3) is 0 Å². The first-order valence-corrected chi connectivity index (χ1v) is 14.9. The standard InChI is InChI=1S/C4H11NO.I3/c1-5(2)3-4-6;1-3-2/h6H,3-4H2,1-2H3;/q;-1. The third-order valence-electron chi connectivity index (χ3n) is 0.547. The van der Waals surface area contributed by atoms with E-state index in [0.29, 0.717) is 13.3 Å². The monoisotopic (exact) mass is 470 g/mol. The molecule has 0 fully saturated rings. The normalized spacial score (nSPS) is 9.11. The topological polar surface area (TPSA) is 23.5 Å². The van der Waals surface area contributed by atoms with Crippen molar-refractivity contribution in [1.82, 2.24) is 4.90 Å². The average molecular weight is 470 g/mol. The number of aliphatic hydroxyl groups excluding tert-OH is 1. The summed E-state index contributed by atoms with van der Waals surface area (Å²) in [6, 6.07) is 0. The molecule has 0 aliphatic rings. The summed E-state index contributed by atoms with van der Waals surface area (Å²) in [6.45, 7) is 1.02. The summed E-state index contributed by atoms with van der Waals surface area (Å²) < 4.78 is 0.